The number of ketones is 1. The van der Waals surface area contributed by atoms with E-state index in [2.05, 4.69) is 14.7 Å². The number of carbonyl (C=O) groups excluding carboxylic acids is 1. The number of hydrogen-bond acceptors (Lipinski definition) is 5. The maximum atomic E-state index is 12.4. The topological polar surface area (TPSA) is 89.0 Å². The van der Waals surface area contributed by atoms with Gasteiger partial charge in [0.2, 0.25) is 0 Å². The van der Waals surface area contributed by atoms with Crippen LogP contribution >= 0.6 is 0 Å². The Labute approximate surface area is 158 Å². The predicted octanol–water partition coefficient (Wildman–Crippen LogP) is 3.02. The highest BCUT2D eigenvalue weighted by Crippen LogP contribution is 2.15. The average molecular weight is 381 g/mol. The summed E-state index contributed by atoms with van der Waals surface area (Å²) in [6.45, 7) is 0. The lowest BCUT2D eigenvalue weighted by molar-refractivity contribution is -0.118. The Morgan fingerprint density at radius 3 is 2.41 bits per heavy atom. The fourth-order valence-corrected chi connectivity index (χ4v) is 3.56. The van der Waals surface area contributed by atoms with Crippen molar-refractivity contribution in [3.8, 4) is 0 Å². The van der Waals surface area contributed by atoms with Crippen LogP contribution in [0.3, 0.4) is 0 Å². The minimum atomic E-state index is -3.71. The molecule has 2 heterocycles. The van der Waals surface area contributed by atoms with Gasteiger partial charge >= 0.3 is 0 Å². The molecule has 0 aliphatic rings. The first-order valence-corrected chi connectivity index (χ1v) is 9.95. The molecule has 138 valence electrons. The Balaban J connectivity index is 1.59. The minimum Gasteiger partial charge on any atom is -0.299 e. The van der Waals surface area contributed by atoms with Gasteiger partial charge in [-0.2, -0.15) is 0 Å². The van der Waals surface area contributed by atoms with E-state index in [1.54, 1.807) is 42.7 Å². The molecule has 0 saturated carbocycles. The number of anilines is 1. The number of hydrogen-bond donors (Lipinski definition) is 1. The standard InChI is InChI=1S/C20H19N3O3S/c24-18(9-6-17-4-3-12-21-15-17)14-16-7-10-19(11-8-16)27(25,26)23-20-5-1-2-13-22-20/h1-5,7-8,10-13,15H,6,9,14H2,(H,22,23). The van der Waals surface area contributed by atoms with Crippen molar-refractivity contribution in [2.75, 3.05) is 4.72 Å². The fraction of sp³-hybridized carbons (Fsp3) is 0.150. The van der Waals surface area contributed by atoms with E-state index < -0.39 is 10.0 Å². The zero-order chi connectivity index (χ0) is 19.1. The molecule has 0 aliphatic carbocycles. The van der Waals surface area contributed by atoms with Gasteiger partial charge in [0, 0.05) is 31.4 Å². The van der Waals surface area contributed by atoms with E-state index in [1.807, 2.05) is 12.1 Å². The quantitative estimate of drug-likeness (QED) is 0.648. The van der Waals surface area contributed by atoms with Crippen molar-refractivity contribution < 1.29 is 13.2 Å². The molecule has 0 atom stereocenters. The summed E-state index contributed by atoms with van der Waals surface area (Å²) in [5.41, 5.74) is 1.80. The van der Waals surface area contributed by atoms with Crippen LogP contribution in [-0.2, 0) is 27.7 Å². The van der Waals surface area contributed by atoms with Crippen molar-refractivity contribution in [2.24, 2.45) is 0 Å². The molecule has 0 radical (unpaired) electrons. The number of rotatable bonds is 8. The van der Waals surface area contributed by atoms with E-state index >= 15 is 0 Å². The third-order valence-electron chi connectivity index (χ3n) is 3.95. The molecule has 0 spiro atoms. The van der Waals surface area contributed by atoms with Crippen molar-refractivity contribution in [3.63, 3.8) is 0 Å². The normalized spacial score (nSPS) is 11.1. The van der Waals surface area contributed by atoms with Crippen LogP contribution in [0.5, 0.6) is 0 Å². The van der Waals surface area contributed by atoms with Gasteiger partial charge < -0.3 is 0 Å². The number of aromatic nitrogens is 2. The highest BCUT2D eigenvalue weighted by molar-refractivity contribution is 7.92. The van der Waals surface area contributed by atoms with Crippen molar-refractivity contribution in [1.29, 1.82) is 0 Å². The third kappa shape index (κ3) is 5.46. The van der Waals surface area contributed by atoms with E-state index in [4.69, 9.17) is 0 Å². The van der Waals surface area contributed by atoms with Gasteiger partial charge in [0.15, 0.2) is 0 Å². The van der Waals surface area contributed by atoms with Gasteiger partial charge in [-0.05, 0) is 47.9 Å². The fourth-order valence-electron chi connectivity index (χ4n) is 2.55. The number of Topliss-reactive ketones (excluding diaryl/α,β-unsaturated/α-hetero) is 1. The molecule has 0 unspecified atom stereocenters. The van der Waals surface area contributed by atoms with Crippen molar-refractivity contribution in [1.82, 2.24) is 9.97 Å². The smallest absolute Gasteiger partial charge is 0.263 e. The maximum Gasteiger partial charge on any atom is 0.263 e. The molecule has 1 N–H and O–H groups in total. The van der Waals surface area contributed by atoms with Crippen LogP contribution in [-0.4, -0.2) is 24.2 Å². The predicted molar refractivity (Wildman–Crippen MR) is 103 cm³/mol. The van der Waals surface area contributed by atoms with Gasteiger partial charge in [-0.25, -0.2) is 13.4 Å². The second-order valence-corrected chi connectivity index (χ2v) is 7.72. The summed E-state index contributed by atoms with van der Waals surface area (Å²) in [4.78, 5) is 20.3. The van der Waals surface area contributed by atoms with Crippen LogP contribution in [0.25, 0.3) is 0 Å². The second kappa shape index (κ2) is 8.55. The molecule has 1 aromatic carbocycles. The Kier molecular flexibility index (Phi) is 5.93. The van der Waals surface area contributed by atoms with Gasteiger partial charge in [0.25, 0.3) is 10.0 Å². The van der Waals surface area contributed by atoms with Gasteiger partial charge in [0.05, 0.1) is 4.90 Å². The molecule has 3 rings (SSSR count). The first kappa shape index (κ1) is 18.7. The largest absolute Gasteiger partial charge is 0.299 e. The number of carbonyl (C=O) groups is 1. The average Bonchev–Trinajstić information content (AvgIpc) is 2.68. The highest BCUT2D eigenvalue weighted by Gasteiger charge is 2.15. The Bertz CT molecular complexity index is 990. The van der Waals surface area contributed by atoms with Crippen LogP contribution in [0.1, 0.15) is 17.5 Å². The van der Waals surface area contributed by atoms with Crippen LogP contribution in [0.2, 0.25) is 0 Å². The van der Waals surface area contributed by atoms with Crippen molar-refractivity contribution >= 4 is 21.6 Å². The summed E-state index contributed by atoms with van der Waals surface area (Å²) in [5, 5.41) is 0. The molecule has 6 nitrogen and oxygen atoms in total. The van der Waals surface area contributed by atoms with Crippen molar-refractivity contribution in [3.05, 3.63) is 84.3 Å². The summed E-state index contributed by atoms with van der Waals surface area (Å²) < 4.78 is 27.2. The summed E-state index contributed by atoms with van der Waals surface area (Å²) in [6, 6.07) is 15.1. The third-order valence-corrected chi connectivity index (χ3v) is 5.32. The Morgan fingerprint density at radius 1 is 0.926 bits per heavy atom. The lowest BCUT2D eigenvalue weighted by Gasteiger charge is -2.08. The second-order valence-electron chi connectivity index (χ2n) is 6.04. The molecule has 0 bridgehead atoms. The molecule has 0 amide bonds. The molecular weight excluding hydrogens is 362 g/mol. The molecule has 0 saturated heterocycles. The van der Waals surface area contributed by atoms with E-state index in [-0.39, 0.29) is 22.9 Å². The lowest BCUT2D eigenvalue weighted by Crippen LogP contribution is -2.14. The summed E-state index contributed by atoms with van der Waals surface area (Å²) >= 11 is 0. The maximum absolute atomic E-state index is 12.4. The van der Waals surface area contributed by atoms with E-state index in [0.717, 1.165) is 11.1 Å². The van der Waals surface area contributed by atoms with E-state index in [0.29, 0.717) is 12.8 Å². The van der Waals surface area contributed by atoms with Crippen LogP contribution < -0.4 is 4.72 Å². The zero-order valence-electron chi connectivity index (χ0n) is 14.6. The van der Waals surface area contributed by atoms with Crippen LogP contribution in [0.15, 0.2) is 78.1 Å². The van der Waals surface area contributed by atoms with Crippen LogP contribution in [0.4, 0.5) is 5.82 Å². The minimum absolute atomic E-state index is 0.0982. The molecule has 3 aromatic rings. The summed E-state index contributed by atoms with van der Waals surface area (Å²) in [7, 11) is -3.71. The SMILES string of the molecule is O=C(CCc1cccnc1)Cc1ccc(S(=O)(=O)Nc2ccccn2)cc1. The summed E-state index contributed by atoms with van der Waals surface area (Å²) in [6.07, 6.45) is 6.30. The molecule has 2 aromatic heterocycles. The lowest BCUT2D eigenvalue weighted by atomic mass is 10.0. The van der Waals surface area contributed by atoms with E-state index in [9.17, 15) is 13.2 Å². The first-order chi connectivity index (χ1) is 13.0. The van der Waals surface area contributed by atoms with Crippen LogP contribution in [0, 0.1) is 0 Å². The monoisotopic (exact) mass is 381 g/mol. The number of aryl methyl sites for hydroxylation is 1. The van der Waals surface area contributed by atoms with Crippen molar-refractivity contribution in [2.45, 2.75) is 24.2 Å². The number of nitrogens with one attached hydrogen (secondary N) is 1. The Hall–Kier alpha value is -3.06. The number of benzene rings is 1. The molecular formula is C20H19N3O3S. The highest BCUT2D eigenvalue weighted by atomic mass is 32.2. The molecule has 27 heavy (non-hydrogen) atoms. The number of nitrogens with zero attached hydrogens (tertiary/aromatic N) is 2. The molecule has 7 heteroatoms. The number of pyridine rings is 2. The van der Waals surface area contributed by atoms with Gasteiger partial charge in [-0.15, -0.1) is 0 Å². The van der Waals surface area contributed by atoms with Gasteiger partial charge in [-0.3, -0.25) is 14.5 Å². The van der Waals surface area contributed by atoms with Gasteiger partial charge in [0.1, 0.15) is 11.6 Å². The van der Waals surface area contributed by atoms with Gasteiger partial charge in [-0.1, -0.05) is 24.3 Å². The zero-order valence-corrected chi connectivity index (χ0v) is 15.4. The molecule has 0 aliphatic heterocycles. The van der Waals surface area contributed by atoms with E-state index in [1.165, 1.54) is 18.3 Å². The number of sulfonamides is 1. The first-order valence-electron chi connectivity index (χ1n) is 8.46. The summed E-state index contributed by atoms with van der Waals surface area (Å²) in [5.74, 6) is 0.355. The Morgan fingerprint density at radius 2 is 1.74 bits per heavy atom. The molecule has 0 fully saturated rings.